The van der Waals surface area contributed by atoms with Gasteiger partial charge in [-0.25, -0.2) is 4.98 Å². The van der Waals surface area contributed by atoms with Gasteiger partial charge >= 0.3 is 0 Å². The summed E-state index contributed by atoms with van der Waals surface area (Å²) in [6.07, 6.45) is 13.0. The quantitative estimate of drug-likeness (QED) is 0.898. The Kier molecular flexibility index (Phi) is 3.17. The number of nitrogens with two attached hydrogens (primary N) is 1. The van der Waals surface area contributed by atoms with Crippen molar-refractivity contribution in [2.24, 2.45) is 5.73 Å². The second-order valence-corrected chi connectivity index (χ2v) is 7.65. The molecule has 0 aromatic carbocycles. The number of hydrogen-bond acceptors (Lipinski definition) is 5. The molecule has 120 valence electrons. The van der Waals surface area contributed by atoms with Crippen molar-refractivity contribution >= 4 is 11.5 Å². The molecule has 1 saturated carbocycles. The Labute approximate surface area is 136 Å². The van der Waals surface area contributed by atoms with Crippen LogP contribution >= 0.6 is 0 Å². The van der Waals surface area contributed by atoms with E-state index in [4.69, 9.17) is 15.7 Å². The number of nitrogens with one attached hydrogen (secondary N) is 1. The van der Waals surface area contributed by atoms with Gasteiger partial charge < -0.3 is 11.1 Å². The van der Waals surface area contributed by atoms with E-state index in [1.165, 1.54) is 11.1 Å². The van der Waals surface area contributed by atoms with E-state index in [0.29, 0.717) is 12.5 Å². The number of hydrogen-bond donors (Lipinski definition) is 2. The molecule has 5 rings (SSSR count). The van der Waals surface area contributed by atoms with Crippen LogP contribution in [-0.2, 0) is 5.41 Å². The van der Waals surface area contributed by atoms with E-state index in [-0.39, 0.29) is 11.0 Å². The Morgan fingerprint density at radius 2 is 2.04 bits per heavy atom. The average Bonchev–Trinajstić information content (AvgIpc) is 3.22. The number of allylic oxidation sites excluding steroid dienone is 6. The molecule has 23 heavy (non-hydrogen) atoms. The maximum absolute atomic E-state index is 6.07. The van der Waals surface area contributed by atoms with Gasteiger partial charge in [-0.15, -0.1) is 0 Å². The fraction of sp³-hybridized carbons (Fsp3) is 0.500. The van der Waals surface area contributed by atoms with Gasteiger partial charge in [0.05, 0.1) is 0 Å². The SMILES string of the molecule is CC(C)(N)CNc1nc2nc(n1)C1(C/C=C\C=C3/C=C2C3)CC1. The van der Waals surface area contributed by atoms with Gasteiger partial charge in [0.2, 0.25) is 5.95 Å². The third-order valence-electron chi connectivity index (χ3n) is 4.66. The van der Waals surface area contributed by atoms with Crippen molar-refractivity contribution in [2.75, 3.05) is 11.9 Å². The van der Waals surface area contributed by atoms with Gasteiger partial charge in [0.25, 0.3) is 0 Å². The molecule has 1 fully saturated rings. The predicted molar refractivity (Wildman–Crippen MR) is 91.9 cm³/mol. The Bertz CT molecular complexity index is 732. The van der Waals surface area contributed by atoms with E-state index in [0.717, 1.165) is 37.3 Å². The highest BCUT2D eigenvalue weighted by Gasteiger charge is 2.46. The lowest BCUT2D eigenvalue weighted by Crippen LogP contribution is -2.40. The zero-order valence-corrected chi connectivity index (χ0v) is 13.8. The van der Waals surface area contributed by atoms with Crippen LogP contribution in [0.25, 0.3) is 5.57 Å². The maximum atomic E-state index is 6.07. The Balaban J connectivity index is 1.73. The van der Waals surface area contributed by atoms with Crippen molar-refractivity contribution in [3.05, 3.63) is 41.5 Å². The van der Waals surface area contributed by atoms with Gasteiger partial charge in [0.15, 0.2) is 5.82 Å². The molecule has 0 saturated heterocycles. The molecule has 3 heterocycles. The van der Waals surface area contributed by atoms with Gasteiger partial charge in [-0.2, -0.15) is 9.97 Å². The first-order chi connectivity index (χ1) is 10.9. The molecule has 2 aliphatic heterocycles. The number of aromatic nitrogens is 3. The summed E-state index contributed by atoms with van der Waals surface area (Å²) in [4.78, 5) is 14.1. The normalized spacial score (nSPS) is 24.7. The van der Waals surface area contributed by atoms with Crippen molar-refractivity contribution in [1.29, 1.82) is 0 Å². The standard InChI is InChI=1S/C18H23N5/c1-17(2,19)11-20-16-22-14-13-9-12(10-13)5-3-4-6-18(7-8-18)15(21-14)23-16/h3-5,9H,6-8,10-11,19H2,1-2H3,(H,20,21,22,23)/b4-3-,12-5+. The number of nitrogens with zero attached hydrogens (tertiary/aromatic N) is 3. The zero-order valence-electron chi connectivity index (χ0n) is 13.8. The summed E-state index contributed by atoms with van der Waals surface area (Å²) in [6.45, 7) is 4.61. The lowest BCUT2D eigenvalue weighted by atomic mass is 9.91. The number of anilines is 1. The van der Waals surface area contributed by atoms with Crippen LogP contribution in [0.5, 0.6) is 0 Å². The highest BCUT2D eigenvalue weighted by atomic mass is 15.2. The summed E-state index contributed by atoms with van der Waals surface area (Å²) in [6, 6.07) is 0. The lowest BCUT2D eigenvalue weighted by molar-refractivity contribution is 0.546. The van der Waals surface area contributed by atoms with Crippen molar-refractivity contribution in [2.45, 2.75) is 50.5 Å². The molecule has 0 atom stereocenters. The smallest absolute Gasteiger partial charge is 0.226 e. The first-order valence-electron chi connectivity index (χ1n) is 8.30. The van der Waals surface area contributed by atoms with Crippen LogP contribution in [0.1, 0.15) is 51.2 Å². The fourth-order valence-electron chi connectivity index (χ4n) is 2.96. The number of fused-ring (bicyclic) bond motifs is 2. The van der Waals surface area contributed by atoms with Gasteiger partial charge in [0.1, 0.15) is 5.82 Å². The molecule has 4 bridgehead atoms. The van der Waals surface area contributed by atoms with E-state index >= 15 is 0 Å². The van der Waals surface area contributed by atoms with Crippen LogP contribution in [0.2, 0.25) is 0 Å². The Morgan fingerprint density at radius 3 is 2.74 bits per heavy atom. The summed E-state index contributed by atoms with van der Waals surface area (Å²) in [5, 5.41) is 3.29. The van der Waals surface area contributed by atoms with Crippen LogP contribution in [0, 0.1) is 0 Å². The monoisotopic (exact) mass is 309 g/mol. The van der Waals surface area contributed by atoms with E-state index in [1.54, 1.807) is 0 Å². The molecule has 1 aromatic rings. The van der Waals surface area contributed by atoms with Crippen molar-refractivity contribution in [1.82, 2.24) is 15.0 Å². The van der Waals surface area contributed by atoms with Crippen LogP contribution in [0.3, 0.4) is 0 Å². The van der Waals surface area contributed by atoms with Crippen LogP contribution in [-0.4, -0.2) is 27.0 Å². The molecule has 0 unspecified atom stereocenters. The van der Waals surface area contributed by atoms with E-state index in [9.17, 15) is 0 Å². The third kappa shape index (κ3) is 2.93. The van der Waals surface area contributed by atoms with Crippen LogP contribution < -0.4 is 11.1 Å². The summed E-state index contributed by atoms with van der Waals surface area (Å²) in [5.74, 6) is 2.40. The second-order valence-electron chi connectivity index (χ2n) is 7.65. The fourth-order valence-corrected chi connectivity index (χ4v) is 2.96. The van der Waals surface area contributed by atoms with Gasteiger partial charge in [-0.05, 0) is 38.7 Å². The molecular formula is C18H23N5. The first-order valence-corrected chi connectivity index (χ1v) is 8.30. The third-order valence-corrected chi connectivity index (χ3v) is 4.66. The van der Waals surface area contributed by atoms with Gasteiger partial charge in [-0.1, -0.05) is 24.3 Å². The zero-order chi connectivity index (χ0) is 16.1. The van der Waals surface area contributed by atoms with Crippen molar-refractivity contribution < 1.29 is 0 Å². The van der Waals surface area contributed by atoms with Crippen molar-refractivity contribution in [3.63, 3.8) is 0 Å². The number of rotatable bonds is 3. The molecule has 3 N–H and O–H groups in total. The van der Waals surface area contributed by atoms with Crippen LogP contribution in [0.4, 0.5) is 5.95 Å². The molecule has 1 aromatic heterocycles. The molecule has 5 nitrogen and oxygen atoms in total. The molecule has 0 amide bonds. The van der Waals surface area contributed by atoms with E-state index < -0.39 is 0 Å². The van der Waals surface area contributed by atoms with E-state index in [1.807, 2.05) is 13.8 Å². The minimum absolute atomic E-state index is 0.108. The Morgan fingerprint density at radius 1 is 1.26 bits per heavy atom. The molecule has 2 aliphatic carbocycles. The highest BCUT2D eigenvalue weighted by molar-refractivity contribution is 5.74. The van der Waals surface area contributed by atoms with Gasteiger partial charge in [0, 0.05) is 29.5 Å². The minimum Gasteiger partial charge on any atom is -0.352 e. The van der Waals surface area contributed by atoms with E-state index in [2.05, 4.69) is 34.6 Å². The molecule has 1 spiro atoms. The highest BCUT2D eigenvalue weighted by Crippen LogP contribution is 2.50. The second kappa shape index (κ2) is 4.99. The largest absolute Gasteiger partial charge is 0.352 e. The lowest BCUT2D eigenvalue weighted by Gasteiger charge is -2.21. The maximum Gasteiger partial charge on any atom is 0.226 e. The van der Waals surface area contributed by atoms with Crippen LogP contribution in [0.15, 0.2) is 29.9 Å². The Hall–Kier alpha value is -2.01. The topological polar surface area (TPSA) is 76.7 Å². The first kappa shape index (κ1) is 14.6. The average molecular weight is 309 g/mol. The molecule has 5 heteroatoms. The summed E-state index contributed by atoms with van der Waals surface area (Å²) in [5.41, 5.74) is 8.40. The minimum atomic E-state index is -0.304. The summed E-state index contributed by atoms with van der Waals surface area (Å²) in [7, 11) is 0. The van der Waals surface area contributed by atoms with Gasteiger partial charge in [-0.3, -0.25) is 0 Å². The predicted octanol–water partition coefficient (Wildman–Crippen LogP) is 2.73. The molecular weight excluding hydrogens is 286 g/mol. The summed E-state index contributed by atoms with van der Waals surface area (Å²) < 4.78 is 0. The van der Waals surface area contributed by atoms with Crippen molar-refractivity contribution in [3.8, 4) is 0 Å². The summed E-state index contributed by atoms with van der Waals surface area (Å²) >= 11 is 0. The molecule has 4 aliphatic rings. The molecule has 0 radical (unpaired) electrons.